The average Bonchev–Trinajstić information content (AvgIpc) is 1.25. The van der Waals surface area contributed by atoms with Gasteiger partial charge in [-0.3, -0.25) is 4.79 Å². The summed E-state index contributed by atoms with van der Waals surface area (Å²) < 4.78 is 0. The molecule has 0 bridgehead atoms. The number of rotatable bonds is 0. The Morgan fingerprint density at radius 2 is 1.38 bits per heavy atom. The summed E-state index contributed by atoms with van der Waals surface area (Å²) in [6.07, 6.45) is 0. The summed E-state index contributed by atoms with van der Waals surface area (Å²) in [6, 6.07) is 0. The topological polar surface area (TPSA) is 46.3 Å². The van der Waals surface area contributed by atoms with Crippen LogP contribution in [0.25, 0.3) is 0 Å². The number of primary amides is 1. The van der Waals surface area contributed by atoms with Crippen molar-refractivity contribution in [2.75, 3.05) is 21.1 Å². The first-order valence-corrected chi connectivity index (χ1v) is 2.33. The zero-order chi connectivity index (χ0) is 7.15. The van der Waals surface area contributed by atoms with Crippen molar-refractivity contribution in [3.63, 3.8) is 0 Å². The van der Waals surface area contributed by atoms with Gasteiger partial charge in [0, 0.05) is 6.92 Å². The highest BCUT2D eigenvalue weighted by Gasteiger charge is 1.61. The lowest BCUT2D eigenvalue weighted by Crippen LogP contribution is -2.01. The molecular weight excluding hydrogens is 104 g/mol. The van der Waals surface area contributed by atoms with E-state index in [1.165, 1.54) is 6.92 Å². The molecule has 0 saturated carbocycles. The van der Waals surface area contributed by atoms with E-state index in [9.17, 15) is 4.79 Å². The van der Waals surface area contributed by atoms with Gasteiger partial charge < -0.3 is 10.6 Å². The van der Waals surface area contributed by atoms with Gasteiger partial charge in [-0.1, -0.05) is 0 Å². The lowest BCUT2D eigenvalue weighted by molar-refractivity contribution is -0.115. The van der Waals surface area contributed by atoms with Crippen LogP contribution < -0.4 is 5.73 Å². The molecule has 1 amide bonds. The Bertz CT molecular complexity index is 54.7. The van der Waals surface area contributed by atoms with Gasteiger partial charge in [0.05, 0.1) is 0 Å². The minimum atomic E-state index is -0.333. The Hall–Kier alpha value is -0.570. The van der Waals surface area contributed by atoms with Gasteiger partial charge in [-0.05, 0) is 21.1 Å². The first kappa shape index (κ1) is 10.4. The fraction of sp³-hybridized carbons (Fsp3) is 0.800. The molecule has 0 aliphatic carbocycles. The molecule has 2 N–H and O–H groups in total. The Labute approximate surface area is 50.5 Å². The zero-order valence-corrected chi connectivity index (χ0v) is 5.93. The number of amides is 1. The summed E-state index contributed by atoms with van der Waals surface area (Å²) in [4.78, 5) is 11.2. The van der Waals surface area contributed by atoms with E-state index in [1.54, 1.807) is 0 Å². The third-order valence-electron chi connectivity index (χ3n) is 0. The fourth-order valence-electron chi connectivity index (χ4n) is 0. The van der Waals surface area contributed by atoms with Crippen molar-refractivity contribution in [3.05, 3.63) is 0 Å². The third kappa shape index (κ3) is 328. The van der Waals surface area contributed by atoms with Crippen molar-refractivity contribution in [3.8, 4) is 0 Å². The highest BCUT2D eigenvalue weighted by atomic mass is 16.1. The smallest absolute Gasteiger partial charge is 0.214 e. The third-order valence-corrected chi connectivity index (χ3v) is 0. The Morgan fingerprint density at radius 1 is 1.38 bits per heavy atom. The molecule has 0 atom stereocenters. The summed E-state index contributed by atoms with van der Waals surface area (Å²) >= 11 is 0. The molecule has 0 aromatic heterocycles. The van der Waals surface area contributed by atoms with Crippen LogP contribution in [-0.2, 0) is 4.79 Å². The van der Waals surface area contributed by atoms with Crippen molar-refractivity contribution in [2.45, 2.75) is 6.92 Å². The molecule has 0 radical (unpaired) electrons. The second-order valence-corrected chi connectivity index (χ2v) is 1.95. The fourth-order valence-corrected chi connectivity index (χ4v) is 0. The van der Waals surface area contributed by atoms with Crippen molar-refractivity contribution in [2.24, 2.45) is 5.73 Å². The van der Waals surface area contributed by atoms with Crippen LogP contribution in [0.15, 0.2) is 0 Å². The van der Waals surface area contributed by atoms with Crippen molar-refractivity contribution in [1.82, 2.24) is 4.90 Å². The van der Waals surface area contributed by atoms with E-state index in [0.29, 0.717) is 0 Å². The normalized spacial score (nSPS) is 7.62. The van der Waals surface area contributed by atoms with Crippen molar-refractivity contribution in [1.29, 1.82) is 0 Å². The molecule has 0 saturated heterocycles. The number of hydrogen-bond donors (Lipinski definition) is 1. The van der Waals surface area contributed by atoms with E-state index in [4.69, 9.17) is 0 Å². The van der Waals surface area contributed by atoms with Gasteiger partial charge in [-0.15, -0.1) is 0 Å². The van der Waals surface area contributed by atoms with Crippen molar-refractivity contribution < 1.29 is 4.79 Å². The van der Waals surface area contributed by atoms with E-state index in [-0.39, 0.29) is 5.91 Å². The van der Waals surface area contributed by atoms with Crippen molar-refractivity contribution >= 4 is 5.91 Å². The molecule has 0 aromatic rings. The Kier molecular flexibility index (Phi) is 8.37. The van der Waals surface area contributed by atoms with Gasteiger partial charge in [-0.2, -0.15) is 0 Å². The van der Waals surface area contributed by atoms with E-state index in [2.05, 4.69) is 5.73 Å². The zero-order valence-electron chi connectivity index (χ0n) is 5.93. The quantitative estimate of drug-likeness (QED) is 0.473. The molecule has 8 heavy (non-hydrogen) atoms. The summed E-state index contributed by atoms with van der Waals surface area (Å²) in [5, 5.41) is 0. The molecule has 0 aliphatic heterocycles. The minimum absolute atomic E-state index is 0.333. The van der Waals surface area contributed by atoms with Gasteiger partial charge in [0.25, 0.3) is 0 Å². The molecule has 3 nitrogen and oxygen atoms in total. The molecule has 0 aromatic carbocycles. The molecule has 0 unspecified atom stereocenters. The molecule has 50 valence electrons. The monoisotopic (exact) mass is 118 g/mol. The second kappa shape index (κ2) is 6.43. The number of carbonyl (C=O) groups is 1. The van der Waals surface area contributed by atoms with Crippen LogP contribution in [0.2, 0.25) is 0 Å². The number of nitrogens with zero attached hydrogens (tertiary/aromatic N) is 1. The first-order valence-electron chi connectivity index (χ1n) is 2.33. The molecular formula is C5H14N2O. The highest BCUT2D eigenvalue weighted by Crippen LogP contribution is 1.47. The second-order valence-electron chi connectivity index (χ2n) is 1.95. The summed E-state index contributed by atoms with van der Waals surface area (Å²) in [5.74, 6) is -0.333. The van der Waals surface area contributed by atoms with Crippen LogP contribution in [0.5, 0.6) is 0 Å². The van der Waals surface area contributed by atoms with Gasteiger partial charge >= 0.3 is 0 Å². The molecule has 0 aliphatic rings. The molecule has 0 fully saturated rings. The summed E-state index contributed by atoms with van der Waals surface area (Å²) in [5.41, 5.74) is 4.47. The standard InChI is InChI=1S/C3H9N.C2H5NO/c1-4(2)3;1-2(3)4/h1-3H3;1H3,(H2,3,4). The van der Waals surface area contributed by atoms with Crippen LogP contribution in [0.3, 0.4) is 0 Å². The maximum absolute atomic E-state index is 9.22. The van der Waals surface area contributed by atoms with Gasteiger partial charge in [0.1, 0.15) is 0 Å². The van der Waals surface area contributed by atoms with Gasteiger partial charge in [0.15, 0.2) is 0 Å². The van der Waals surface area contributed by atoms with E-state index >= 15 is 0 Å². The number of hydrogen-bond acceptors (Lipinski definition) is 2. The van der Waals surface area contributed by atoms with E-state index in [0.717, 1.165) is 0 Å². The largest absolute Gasteiger partial charge is 0.370 e. The van der Waals surface area contributed by atoms with E-state index < -0.39 is 0 Å². The predicted molar refractivity (Wildman–Crippen MR) is 34.5 cm³/mol. The molecule has 0 spiro atoms. The number of carbonyl (C=O) groups excluding carboxylic acids is 1. The lowest BCUT2D eigenvalue weighted by atomic mass is 10.8. The summed E-state index contributed by atoms with van der Waals surface area (Å²) in [6.45, 7) is 1.31. The van der Waals surface area contributed by atoms with Gasteiger partial charge in [0.2, 0.25) is 5.91 Å². The summed E-state index contributed by atoms with van der Waals surface area (Å²) in [7, 11) is 6.00. The van der Waals surface area contributed by atoms with Crippen LogP contribution in [0.1, 0.15) is 6.92 Å². The Balaban J connectivity index is 0. The minimum Gasteiger partial charge on any atom is -0.370 e. The van der Waals surface area contributed by atoms with Gasteiger partial charge in [-0.25, -0.2) is 0 Å². The van der Waals surface area contributed by atoms with Crippen LogP contribution in [0, 0.1) is 0 Å². The van der Waals surface area contributed by atoms with Crippen LogP contribution >= 0.6 is 0 Å². The highest BCUT2D eigenvalue weighted by molar-refractivity contribution is 5.70. The molecule has 0 heterocycles. The average molecular weight is 118 g/mol. The Morgan fingerprint density at radius 3 is 1.38 bits per heavy atom. The lowest BCUT2D eigenvalue weighted by Gasteiger charge is -1.90. The molecule has 3 heteroatoms. The maximum Gasteiger partial charge on any atom is 0.214 e. The van der Waals surface area contributed by atoms with Crippen LogP contribution in [0.4, 0.5) is 0 Å². The first-order chi connectivity index (χ1) is 3.46. The van der Waals surface area contributed by atoms with Crippen LogP contribution in [-0.4, -0.2) is 32.0 Å². The maximum atomic E-state index is 9.22. The number of nitrogens with two attached hydrogens (primary N) is 1. The van der Waals surface area contributed by atoms with E-state index in [1.807, 2.05) is 26.0 Å². The predicted octanol–water partition coefficient (Wildman–Crippen LogP) is -0.331. The SMILES string of the molecule is CC(N)=O.CN(C)C. The molecule has 0 rings (SSSR count).